The van der Waals surface area contributed by atoms with Crippen molar-refractivity contribution in [2.24, 2.45) is 0 Å². The third-order valence-corrected chi connectivity index (χ3v) is 3.05. The lowest BCUT2D eigenvalue weighted by atomic mass is 10.0. The summed E-state index contributed by atoms with van der Waals surface area (Å²) in [7, 11) is 0. The van der Waals surface area contributed by atoms with E-state index in [9.17, 15) is 14.9 Å². The SMILES string of the molecule is CCCC(=O)Nc1ccc([N+](=O)[O-])cc1-c1ccccc1. The lowest BCUT2D eigenvalue weighted by molar-refractivity contribution is -0.384. The van der Waals surface area contributed by atoms with Crippen molar-refractivity contribution in [3.8, 4) is 11.1 Å². The second-order valence-electron chi connectivity index (χ2n) is 4.65. The summed E-state index contributed by atoms with van der Waals surface area (Å²) in [6.45, 7) is 1.92. The Balaban J connectivity index is 2.44. The zero-order valence-electron chi connectivity index (χ0n) is 11.7. The molecule has 2 rings (SSSR count). The Morgan fingerprint density at radius 2 is 1.90 bits per heavy atom. The summed E-state index contributed by atoms with van der Waals surface area (Å²) < 4.78 is 0. The van der Waals surface area contributed by atoms with Gasteiger partial charge >= 0.3 is 0 Å². The van der Waals surface area contributed by atoms with E-state index in [1.54, 1.807) is 6.07 Å². The van der Waals surface area contributed by atoms with E-state index >= 15 is 0 Å². The van der Waals surface area contributed by atoms with Gasteiger partial charge in [0.2, 0.25) is 5.91 Å². The summed E-state index contributed by atoms with van der Waals surface area (Å²) in [5.41, 5.74) is 2.06. The highest BCUT2D eigenvalue weighted by atomic mass is 16.6. The molecule has 21 heavy (non-hydrogen) atoms. The summed E-state index contributed by atoms with van der Waals surface area (Å²) in [4.78, 5) is 22.3. The molecule has 0 fully saturated rings. The van der Waals surface area contributed by atoms with E-state index in [1.165, 1.54) is 12.1 Å². The van der Waals surface area contributed by atoms with Crippen LogP contribution in [0.15, 0.2) is 48.5 Å². The molecule has 108 valence electrons. The quantitative estimate of drug-likeness (QED) is 0.666. The fourth-order valence-electron chi connectivity index (χ4n) is 2.05. The maximum absolute atomic E-state index is 11.8. The molecule has 2 aromatic carbocycles. The third-order valence-electron chi connectivity index (χ3n) is 3.05. The van der Waals surface area contributed by atoms with Crippen molar-refractivity contribution in [2.45, 2.75) is 19.8 Å². The van der Waals surface area contributed by atoms with Crippen LogP contribution in [0.2, 0.25) is 0 Å². The third kappa shape index (κ3) is 3.66. The number of non-ortho nitro benzene ring substituents is 1. The van der Waals surface area contributed by atoms with Crippen LogP contribution >= 0.6 is 0 Å². The van der Waals surface area contributed by atoms with E-state index in [1.807, 2.05) is 37.3 Å². The molecule has 2 aromatic rings. The average molecular weight is 284 g/mol. The lowest BCUT2D eigenvalue weighted by Gasteiger charge is -2.11. The fourth-order valence-corrected chi connectivity index (χ4v) is 2.05. The predicted octanol–water partition coefficient (Wildman–Crippen LogP) is 4.00. The van der Waals surface area contributed by atoms with E-state index in [4.69, 9.17) is 0 Å². The normalized spacial score (nSPS) is 10.1. The Morgan fingerprint density at radius 1 is 1.19 bits per heavy atom. The van der Waals surface area contributed by atoms with Crippen LogP contribution in [0.3, 0.4) is 0 Å². The average Bonchev–Trinajstić information content (AvgIpc) is 2.48. The van der Waals surface area contributed by atoms with Gasteiger partial charge in [-0.2, -0.15) is 0 Å². The number of carbonyl (C=O) groups excluding carboxylic acids is 1. The summed E-state index contributed by atoms with van der Waals surface area (Å²) in [5, 5.41) is 13.8. The Bertz CT molecular complexity index is 654. The van der Waals surface area contributed by atoms with Crippen molar-refractivity contribution in [2.75, 3.05) is 5.32 Å². The first-order valence-electron chi connectivity index (χ1n) is 6.75. The molecular weight excluding hydrogens is 268 g/mol. The minimum Gasteiger partial charge on any atom is -0.326 e. The maximum Gasteiger partial charge on any atom is 0.270 e. The molecule has 0 aliphatic carbocycles. The number of carbonyl (C=O) groups is 1. The smallest absolute Gasteiger partial charge is 0.270 e. The zero-order valence-corrected chi connectivity index (χ0v) is 11.7. The highest BCUT2D eigenvalue weighted by Gasteiger charge is 2.13. The first-order chi connectivity index (χ1) is 10.1. The fraction of sp³-hybridized carbons (Fsp3) is 0.188. The number of hydrogen-bond donors (Lipinski definition) is 1. The number of benzene rings is 2. The second kappa shape index (κ2) is 6.65. The molecule has 1 amide bonds. The summed E-state index contributed by atoms with van der Waals surface area (Å²) in [6.07, 6.45) is 1.17. The monoisotopic (exact) mass is 284 g/mol. The number of nitrogens with zero attached hydrogens (tertiary/aromatic N) is 1. The predicted molar refractivity (Wildman–Crippen MR) is 82.1 cm³/mol. The maximum atomic E-state index is 11.8. The minimum atomic E-state index is -0.440. The van der Waals surface area contributed by atoms with Crippen molar-refractivity contribution in [3.05, 3.63) is 58.6 Å². The summed E-state index contributed by atoms with van der Waals surface area (Å²) >= 11 is 0. The molecule has 0 atom stereocenters. The van der Waals surface area contributed by atoms with Gasteiger partial charge in [0, 0.05) is 29.8 Å². The molecule has 0 saturated carbocycles. The molecule has 0 aliphatic heterocycles. The van der Waals surface area contributed by atoms with Crippen LogP contribution in [0.4, 0.5) is 11.4 Å². The van der Waals surface area contributed by atoms with Gasteiger partial charge in [0.25, 0.3) is 5.69 Å². The van der Waals surface area contributed by atoms with Crippen molar-refractivity contribution < 1.29 is 9.72 Å². The van der Waals surface area contributed by atoms with E-state index < -0.39 is 4.92 Å². The molecule has 0 saturated heterocycles. The molecule has 5 heteroatoms. The van der Waals surface area contributed by atoms with E-state index in [2.05, 4.69) is 5.32 Å². The van der Waals surface area contributed by atoms with Crippen LogP contribution < -0.4 is 5.32 Å². The van der Waals surface area contributed by atoms with Crippen LogP contribution in [0.5, 0.6) is 0 Å². The molecule has 1 N–H and O–H groups in total. The van der Waals surface area contributed by atoms with Crippen molar-refractivity contribution in [1.82, 2.24) is 0 Å². The van der Waals surface area contributed by atoms with Gasteiger partial charge in [-0.15, -0.1) is 0 Å². The van der Waals surface area contributed by atoms with Gasteiger partial charge in [0.15, 0.2) is 0 Å². The Kier molecular flexibility index (Phi) is 4.66. The molecule has 0 radical (unpaired) electrons. The minimum absolute atomic E-state index is 0.00217. The highest BCUT2D eigenvalue weighted by Crippen LogP contribution is 2.31. The van der Waals surface area contributed by atoms with Crippen molar-refractivity contribution >= 4 is 17.3 Å². The molecule has 5 nitrogen and oxygen atoms in total. The van der Waals surface area contributed by atoms with Crippen LogP contribution in [0.25, 0.3) is 11.1 Å². The lowest BCUT2D eigenvalue weighted by Crippen LogP contribution is -2.11. The van der Waals surface area contributed by atoms with Gasteiger partial charge in [0.1, 0.15) is 0 Å². The number of nitrogens with one attached hydrogen (secondary N) is 1. The molecule has 0 aliphatic rings. The van der Waals surface area contributed by atoms with Gasteiger partial charge in [-0.3, -0.25) is 14.9 Å². The number of hydrogen-bond acceptors (Lipinski definition) is 3. The first kappa shape index (κ1) is 14.7. The van der Waals surface area contributed by atoms with Crippen LogP contribution in [0.1, 0.15) is 19.8 Å². The topological polar surface area (TPSA) is 72.2 Å². The van der Waals surface area contributed by atoms with Gasteiger partial charge in [-0.1, -0.05) is 37.3 Å². The number of rotatable bonds is 5. The number of amides is 1. The Hall–Kier alpha value is -2.69. The molecule has 0 bridgehead atoms. The molecule has 0 heterocycles. The number of nitro groups is 1. The number of anilines is 1. The largest absolute Gasteiger partial charge is 0.326 e. The van der Waals surface area contributed by atoms with Crippen LogP contribution in [0, 0.1) is 10.1 Å². The van der Waals surface area contributed by atoms with E-state index in [0.717, 1.165) is 12.0 Å². The first-order valence-corrected chi connectivity index (χ1v) is 6.75. The van der Waals surface area contributed by atoms with Gasteiger partial charge in [0.05, 0.1) is 4.92 Å². The Morgan fingerprint density at radius 3 is 2.52 bits per heavy atom. The van der Waals surface area contributed by atoms with Crippen LogP contribution in [-0.4, -0.2) is 10.8 Å². The molecule has 0 spiro atoms. The summed E-state index contributed by atoms with van der Waals surface area (Å²) in [6, 6.07) is 13.7. The van der Waals surface area contributed by atoms with Gasteiger partial charge < -0.3 is 5.32 Å². The highest BCUT2D eigenvalue weighted by molar-refractivity contribution is 5.95. The number of nitro benzene ring substituents is 1. The van der Waals surface area contributed by atoms with Gasteiger partial charge in [-0.05, 0) is 18.1 Å². The molecule has 0 unspecified atom stereocenters. The van der Waals surface area contributed by atoms with E-state index in [-0.39, 0.29) is 11.6 Å². The Labute approximate surface area is 122 Å². The standard InChI is InChI=1S/C16H16N2O3/c1-2-6-16(19)17-15-10-9-13(18(20)21)11-14(15)12-7-4-3-5-8-12/h3-5,7-11H,2,6H2,1H3,(H,17,19). The summed E-state index contributed by atoms with van der Waals surface area (Å²) in [5.74, 6) is -0.0939. The van der Waals surface area contributed by atoms with Crippen molar-refractivity contribution in [1.29, 1.82) is 0 Å². The molecule has 0 aromatic heterocycles. The van der Waals surface area contributed by atoms with Crippen molar-refractivity contribution in [3.63, 3.8) is 0 Å². The zero-order chi connectivity index (χ0) is 15.2. The molecular formula is C16H16N2O3. The van der Waals surface area contributed by atoms with Crippen LogP contribution in [-0.2, 0) is 4.79 Å². The van der Waals surface area contributed by atoms with Gasteiger partial charge in [-0.25, -0.2) is 0 Å². The van der Waals surface area contributed by atoms with E-state index in [0.29, 0.717) is 17.7 Å². The second-order valence-corrected chi connectivity index (χ2v) is 4.65.